The van der Waals surface area contributed by atoms with E-state index in [0.717, 1.165) is 29.7 Å². The van der Waals surface area contributed by atoms with Gasteiger partial charge in [0.15, 0.2) is 0 Å². The molecular weight excluding hydrogens is 331 g/mol. The first-order valence-corrected chi connectivity index (χ1v) is 8.01. The third-order valence-electron chi connectivity index (χ3n) is 2.86. The average molecular weight is 348 g/mol. The first-order chi connectivity index (χ1) is 8.80. The normalized spacial score (nSPS) is 13.7. The first-order valence-electron chi connectivity index (χ1n) is 6.10. The van der Waals surface area contributed by atoms with Crippen LogP contribution < -0.4 is 5.69 Å². The van der Waals surface area contributed by atoms with E-state index in [1.807, 2.05) is 6.92 Å². The monoisotopic (exact) mass is 346 g/mol. The second-order valence-electron chi connectivity index (χ2n) is 4.25. The van der Waals surface area contributed by atoms with Crippen LogP contribution in [0.5, 0.6) is 5.88 Å². The van der Waals surface area contributed by atoms with E-state index in [9.17, 15) is 9.90 Å². The van der Waals surface area contributed by atoms with Gasteiger partial charge in [-0.15, -0.1) is 0 Å². The van der Waals surface area contributed by atoms with E-state index in [1.165, 1.54) is 0 Å². The van der Waals surface area contributed by atoms with Gasteiger partial charge in [-0.2, -0.15) is 3.97 Å². The van der Waals surface area contributed by atoms with Crippen LogP contribution in [-0.4, -0.2) is 17.2 Å². The highest BCUT2D eigenvalue weighted by atomic mass is 35.6. The van der Waals surface area contributed by atoms with Gasteiger partial charge < -0.3 is 10.1 Å². The minimum atomic E-state index is -1.70. The largest absolute Gasteiger partial charge is 0.493 e. The Bertz CT molecular complexity index is 467. The topological polar surface area (TPSA) is 58.0 Å². The summed E-state index contributed by atoms with van der Waals surface area (Å²) in [6, 6.07) is 0. The molecule has 1 aromatic heterocycles. The molecule has 1 heterocycles. The fraction of sp³-hybridized carbons (Fsp3) is 0.727. The van der Waals surface area contributed by atoms with Crippen LogP contribution in [0, 0.1) is 0 Å². The second-order valence-corrected chi connectivity index (χ2v) is 8.36. The summed E-state index contributed by atoms with van der Waals surface area (Å²) in [5.41, 5.74) is 0.0291. The summed E-state index contributed by atoms with van der Waals surface area (Å²) in [4.78, 5) is 14.4. The molecule has 0 radical (unpaired) electrons. The zero-order chi connectivity index (χ0) is 14.6. The van der Waals surface area contributed by atoms with Crippen LogP contribution in [0.25, 0.3) is 0 Å². The number of nitrogens with one attached hydrogen (secondary N) is 1. The van der Waals surface area contributed by atoms with Gasteiger partial charge in [-0.25, -0.2) is 4.79 Å². The molecular formula is C11H17Cl3N2O2S. The average Bonchev–Trinajstić information content (AvgIpc) is 2.57. The van der Waals surface area contributed by atoms with Gasteiger partial charge in [0.1, 0.15) is 0 Å². The van der Waals surface area contributed by atoms with E-state index in [2.05, 4.69) is 11.9 Å². The number of H-pyrrole nitrogens is 1. The molecule has 0 amide bonds. The molecule has 8 heteroatoms. The van der Waals surface area contributed by atoms with Crippen molar-refractivity contribution in [1.29, 1.82) is 0 Å². The Hall–Kier alpha value is 0.0300. The van der Waals surface area contributed by atoms with Crippen molar-refractivity contribution in [1.82, 2.24) is 8.96 Å². The van der Waals surface area contributed by atoms with Gasteiger partial charge in [0.2, 0.25) is 5.88 Å². The molecule has 0 saturated heterocycles. The molecule has 0 bridgehead atoms. The van der Waals surface area contributed by atoms with E-state index >= 15 is 0 Å². The van der Waals surface area contributed by atoms with Crippen molar-refractivity contribution < 1.29 is 5.11 Å². The molecule has 0 fully saturated rings. The van der Waals surface area contributed by atoms with Crippen molar-refractivity contribution in [2.75, 3.05) is 0 Å². The third kappa shape index (κ3) is 4.81. The van der Waals surface area contributed by atoms with E-state index in [0.29, 0.717) is 17.6 Å². The maximum Gasteiger partial charge on any atom is 0.339 e. The lowest BCUT2D eigenvalue weighted by atomic mass is 9.96. The summed E-state index contributed by atoms with van der Waals surface area (Å²) < 4.78 is -0.719. The standard InChI is InChI=1S/C11H17Cl3N2O2S/c1-3-5-6-7(4-2)8-9(17)16(10(18)15-8)19-11(12,13)14/h7,17H,3-6H2,1-2H3,(H,15,18). The van der Waals surface area contributed by atoms with Crippen molar-refractivity contribution in [3.05, 3.63) is 16.2 Å². The Morgan fingerprint density at radius 3 is 2.53 bits per heavy atom. The summed E-state index contributed by atoms with van der Waals surface area (Å²) in [6.45, 7) is 4.11. The Morgan fingerprint density at radius 1 is 1.42 bits per heavy atom. The van der Waals surface area contributed by atoms with Gasteiger partial charge >= 0.3 is 5.69 Å². The molecule has 1 rings (SSSR count). The van der Waals surface area contributed by atoms with Crippen LogP contribution in [0.2, 0.25) is 0 Å². The number of rotatable bonds is 6. The van der Waals surface area contributed by atoms with Gasteiger partial charge in [0.05, 0.1) is 5.69 Å². The molecule has 1 unspecified atom stereocenters. The zero-order valence-electron chi connectivity index (χ0n) is 10.8. The molecule has 0 aliphatic rings. The number of hydrogen-bond acceptors (Lipinski definition) is 3. The van der Waals surface area contributed by atoms with E-state index in [1.54, 1.807) is 0 Å². The molecule has 1 atom stereocenters. The highest BCUT2D eigenvalue weighted by Gasteiger charge is 2.28. The molecule has 110 valence electrons. The predicted molar refractivity (Wildman–Crippen MR) is 82.6 cm³/mol. The quantitative estimate of drug-likeness (QED) is 0.750. The number of aromatic amines is 1. The highest BCUT2D eigenvalue weighted by molar-refractivity contribution is 8.03. The SMILES string of the molecule is CCCCC(CC)c1[nH]c(=O)n(SC(Cl)(Cl)Cl)c1O. The first kappa shape index (κ1) is 17.1. The van der Waals surface area contributed by atoms with Crippen LogP contribution in [0.15, 0.2) is 4.79 Å². The van der Waals surface area contributed by atoms with Crippen LogP contribution >= 0.6 is 46.8 Å². The number of hydrogen-bond donors (Lipinski definition) is 2. The number of aromatic hydroxyl groups is 1. The Labute approximate surface area is 131 Å². The summed E-state index contributed by atoms with van der Waals surface area (Å²) in [5, 5.41) is 10.1. The number of halogens is 3. The van der Waals surface area contributed by atoms with Gasteiger partial charge in [0.25, 0.3) is 3.12 Å². The zero-order valence-corrected chi connectivity index (χ0v) is 13.8. The summed E-state index contributed by atoms with van der Waals surface area (Å²) in [6.07, 6.45) is 3.82. The molecule has 0 aromatic carbocycles. The maximum absolute atomic E-state index is 11.8. The summed E-state index contributed by atoms with van der Waals surface area (Å²) >= 11 is 17.5. The Balaban J connectivity index is 3.04. The predicted octanol–water partition coefficient (Wildman–Crippen LogP) is 4.39. The summed E-state index contributed by atoms with van der Waals surface area (Å²) in [7, 11) is 0. The number of alkyl halides is 3. The van der Waals surface area contributed by atoms with E-state index < -0.39 is 8.81 Å². The van der Waals surface area contributed by atoms with Crippen molar-refractivity contribution in [3.8, 4) is 5.88 Å². The van der Waals surface area contributed by atoms with Crippen molar-refractivity contribution in [2.24, 2.45) is 0 Å². The molecule has 2 N–H and O–H groups in total. The van der Waals surface area contributed by atoms with Crippen LogP contribution in [0.3, 0.4) is 0 Å². The third-order valence-corrected chi connectivity index (χ3v) is 4.21. The van der Waals surface area contributed by atoms with Crippen molar-refractivity contribution in [3.63, 3.8) is 0 Å². The smallest absolute Gasteiger partial charge is 0.339 e. The van der Waals surface area contributed by atoms with Gasteiger partial charge in [-0.1, -0.05) is 61.5 Å². The van der Waals surface area contributed by atoms with Gasteiger partial charge in [-0.05, 0) is 12.8 Å². The minimum absolute atomic E-state index is 0.102. The maximum atomic E-state index is 11.8. The van der Waals surface area contributed by atoms with Crippen LogP contribution in [-0.2, 0) is 0 Å². The second kappa shape index (κ2) is 7.16. The molecule has 19 heavy (non-hydrogen) atoms. The molecule has 4 nitrogen and oxygen atoms in total. The fourth-order valence-corrected chi connectivity index (χ4v) is 3.04. The molecule has 0 spiro atoms. The number of unbranched alkanes of at least 4 members (excludes halogenated alkanes) is 1. The lowest BCUT2D eigenvalue weighted by molar-refractivity contribution is 0.429. The highest BCUT2D eigenvalue weighted by Crippen LogP contribution is 2.42. The Kier molecular flexibility index (Phi) is 6.43. The lowest BCUT2D eigenvalue weighted by Crippen LogP contribution is -2.14. The van der Waals surface area contributed by atoms with Crippen molar-refractivity contribution in [2.45, 2.75) is 48.6 Å². The van der Waals surface area contributed by atoms with E-state index in [4.69, 9.17) is 34.8 Å². The molecule has 0 saturated carbocycles. The van der Waals surface area contributed by atoms with E-state index in [-0.39, 0.29) is 11.8 Å². The van der Waals surface area contributed by atoms with Gasteiger partial charge in [0, 0.05) is 17.9 Å². The fourth-order valence-electron chi connectivity index (χ4n) is 1.90. The number of imidazole rings is 1. The Morgan fingerprint density at radius 2 is 2.05 bits per heavy atom. The van der Waals surface area contributed by atoms with Crippen LogP contribution in [0.4, 0.5) is 0 Å². The van der Waals surface area contributed by atoms with Gasteiger partial charge in [-0.3, -0.25) is 0 Å². The molecule has 0 aliphatic heterocycles. The molecule has 1 aromatic rings. The molecule has 0 aliphatic carbocycles. The van der Waals surface area contributed by atoms with Crippen LogP contribution in [0.1, 0.15) is 51.1 Å². The number of aromatic nitrogens is 2. The summed E-state index contributed by atoms with van der Waals surface area (Å²) in [5.74, 6) is -0.0610. The van der Waals surface area contributed by atoms with Crippen molar-refractivity contribution >= 4 is 46.8 Å². The number of nitrogens with zero attached hydrogens (tertiary/aromatic N) is 1. The minimum Gasteiger partial charge on any atom is -0.493 e. The lowest BCUT2D eigenvalue weighted by Gasteiger charge is -2.14.